The van der Waals surface area contributed by atoms with Crippen LogP contribution in [0.5, 0.6) is 0 Å². The van der Waals surface area contributed by atoms with Crippen LogP contribution in [0, 0.1) is 0 Å². The lowest BCUT2D eigenvalue weighted by atomic mass is 10.0. The van der Waals surface area contributed by atoms with E-state index in [9.17, 15) is 0 Å². The van der Waals surface area contributed by atoms with Crippen molar-refractivity contribution in [2.75, 3.05) is 6.54 Å². The summed E-state index contributed by atoms with van der Waals surface area (Å²) in [5.41, 5.74) is 1.25. The predicted octanol–water partition coefficient (Wildman–Crippen LogP) is 2.53. The molecule has 1 unspecified atom stereocenters. The Bertz CT molecular complexity index is 467. The molecule has 4 heteroatoms. The lowest BCUT2D eigenvalue weighted by Gasteiger charge is -2.16. The molecule has 2 aromatic rings. The Hall–Kier alpha value is -1.68. The smallest absolute Gasteiger partial charge is 0.228 e. The summed E-state index contributed by atoms with van der Waals surface area (Å²) < 4.78 is 5.25. The molecule has 0 aliphatic rings. The molecular formula is C14H19N3O. The molecule has 0 aliphatic heterocycles. The molecule has 2 rings (SSSR count). The summed E-state index contributed by atoms with van der Waals surface area (Å²) in [5, 5.41) is 7.37. The number of hydrogen-bond donors (Lipinski definition) is 1. The van der Waals surface area contributed by atoms with Crippen molar-refractivity contribution in [3.05, 3.63) is 47.6 Å². The number of nitrogens with zero attached hydrogens (tertiary/aromatic N) is 2. The molecule has 1 aromatic heterocycles. The van der Waals surface area contributed by atoms with Crippen LogP contribution in [0.25, 0.3) is 0 Å². The summed E-state index contributed by atoms with van der Waals surface area (Å²) in [5.74, 6) is 1.47. The number of rotatable bonds is 6. The van der Waals surface area contributed by atoms with E-state index < -0.39 is 0 Å². The normalized spacial score (nSPS) is 12.6. The van der Waals surface area contributed by atoms with E-state index in [1.54, 1.807) is 0 Å². The second-order valence-electron chi connectivity index (χ2n) is 4.18. The fourth-order valence-corrected chi connectivity index (χ4v) is 1.93. The average Bonchev–Trinajstić information content (AvgIpc) is 2.87. The van der Waals surface area contributed by atoms with Crippen LogP contribution in [0.2, 0.25) is 0 Å². The second-order valence-corrected chi connectivity index (χ2v) is 4.18. The molecule has 96 valence electrons. The maximum atomic E-state index is 5.25. The highest BCUT2D eigenvalue weighted by Gasteiger charge is 2.15. The van der Waals surface area contributed by atoms with Gasteiger partial charge in [0.2, 0.25) is 5.89 Å². The van der Waals surface area contributed by atoms with E-state index in [2.05, 4.69) is 34.5 Å². The van der Waals surface area contributed by atoms with Crippen molar-refractivity contribution in [3.63, 3.8) is 0 Å². The van der Waals surface area contributed by atoms with Gasteiger partial charge in [0.15, 0.2) is 5.82 Å². The van der Waals surface area contributed by atoms with Gasteiger partial charge >= 0.3 is 0 Å². The highest BCUT2D eigenvalue weighted by Crippen LogP contribution is 2.17. The van der Waals surface area contributed by atoms with Crippen molar-refractivity contribution in [1.82, 2.24) is 15.5 Å². The lowest BCUT2D eigenvalue weighted by molar-refractivity contribution is 0.356. The first-order valence-corrected chi connectivity index (χ1v) is 6.43. The Morgan fingerprint density at radius 1 is 1.22 bits per heavy atom. The topological polar surface area (TPSA) is 51.0 Å². The average molecular weight is 245 g/mol. The SMILES string of the molecule is CCNC(Cc1nc(CC)no1)c1ccccc1. The zero-order valence-electron chi connectivity index (χ0n) is 10.9. The number of hydrogen-bond acceptors (Lipinski definition) is 4. The Morgan fingerprint density at radius 2 is 2.00 bits per heavy atom. The Balaban J connectivity index is 2.11. The highest BCUT2D eigenvalue weighted by atomic mass is 16.5. The molecule has 0 bridgehead atoms. The Morgan fingerprint density at radius 3 is 2.61 bits per heavy atom. The first-order chi connectivity index (χ1) is 8.83. The number of aromatic nitrogens is 2. The van der Waals surface area contributed by atoms with Crippen LogP contribution in [-0.4, -0.2) is 16.7 Å². The van der Waals surface area contributed by atoms with Gasteiger partial charge in [-0.3, -0.25) is 0 Å². The zero-order valence-corrected chi connectivity index (χ0v) is 10.9. The zero-order chi connectivity index (χ0) is 12.8. The minimum atomic E-state index is 0.223. The molecule has 4 nitrogen and oxygen atoms in total. The van der Waals surface area contributed by atoms with E-state index in [0.717, 1.165) is 25.2 Å². The van der Waals surface area contributed by atoms with Gasteiger partial charge in [0.1, 0.15) is 0 Å². The van der Waals surface area contributed by atoms with Gasteiger partial charge in [-0.05, 0) is 12.1 Å². The molecular weight excluding hydrogens is 226 g/mol. The molecule has 0 saturated carbocycles. The van der Waals surface area contributed by atoms with Crippen LogP contribution < -0.4 is 5.32 Å². The van der Waals surface area contributed by atoms with E-state index in [1.807, 2.05) is 25.1 Å². The third-order valence-electron chi connectivity index (χ3n) is 2.86. The summed E-state index contributed by atoms with van der Waals surface area (Å²) in [7, 11) is 0. The van der Waals surface area contributed by atoms with E-state index in [0.29, 0.717) is 5.89 Å². The van der Waals surface area contributed by atoms with Crippen molar-refractivity contribution in [3.8, 4) is 0 Å². The minimum absolute atomic E-state index is 0.223. The van der Waals surface area contributed by atoms with E-state index in [1.165, 1.54) is 5.56 Å². The molecule has 1 aromatic carbocycles. The summed E-state index contributed by atoms with van der Waals surface area (Å²) in [6.45, 7) is 5.03. The first-order valence-electron chi connectivity index (χ1n) is 6.43. The molecule has 0 spiro atoms. The largest absolute Gasteiger partial charge is 0.339 e. The molecule has 0 aliphatic carbocycles. The summed E-state index contributed by atoms with van der Waals surface area (Å²) >= 11 is 0. The van der Waals surface area contributed by atoms with Gasteiger partial charge in [0.25, 0.3) is 0 Å². The van der Waals surface area contributed by atoms with Gasteiger partial charge in [-0.2, -0.15) is 4.98 Å². The van der Waals surface area contributed by atoms with Gasteiger partial charge in [-0.25, -0.2) is 0 Å². The monoisotopic (exact) mass is 245 g/mol. The maximum Gasteiger partial charge on any atom is 0.228 e. The van der Waals surface area contributed by atoms with Crippen molar-refractivity contribution in [1.29, 1.82) is 0 Å². The van der Waals surface area contributed by atoms with Crippen molar-refractivity contribution in [2.45, 2.75) is 32.7 Å². The Labute approximate surface area is 107 Å². The van der Waals surface area contributed by atoms with Crippen LogP contribution >= 0.6 is 0 Å². The fraction of sp³-hybridized carbons (Fsp3) is 0.429. The number of benzene rings is 1. The molecule has 0 fully saturated rings. The molecule has 1 N–H and O–H groups in total. The van der Waals surface area contributed by atoms with Gasteiger partial charge < -0.3 is 9.84 Å². The Kier molecular flexibility index (Phi) is 4.47. The number of likely N-dealkylation sites (N-methyl/N-ethyl adjacent to an activating group) is 1. The molecule has 1 atom stereocenters. The van der Waals surface area contributed by atoms with Gasteiger partial charge in [0, 0.05) is 18.9 Å². The van der Waals surface area contributed by atoms with Crippen LogP contribution in [0.4, 0.5) is 0 Å². The predicted molar refractivity (Wildman–Crippen MR) is 70.2 cm³/mol. The number of nitrogens with one attached hydrogen (secondary N) is 1. The van der Waals surface area contributed by atoms with E-state index in [4.69, 9.17) is 4.52 Å². The fourth-order valence-electron chi connectivity index (χ4n) is 1.93. The molecule has 0 radical (unpaired) electrons. The lowest BCUT2D eigenvalue weighted by Crippen LogP contribution is -2.23. The van der Waals surface area contributed by atoms with Crippen molar-refractivity contribution < 1.29 is 4.52 Å². The summed E-state index contributed by atoms with van der Waals surface area (Å²) in [6.07, 6.45) is 1.53. The van der Waals surface area contributed by atoms with Gasteiger partial charge in [-0.1, -0.05) is 49.3 Å². The van der Waals surface area contributed by atoms with Crippen molar-refractivity contribution >= 4 is 0 Å². The van der Waals surface area contributed by atoms with Crippen molar-refractivity contribution in [2.24, 2.45) is 0 Å². The number of aryl methyl sites for hydroxylation is 1. The first kappa shape index (κ1) is 12.8. The van der Waals surface area contributed by atoms with E-state index in [-0.39, 0.29) is 6.04 Å². The van der Waals surface area contributed by atoms with Crippen LogP contribution in [0.3, 0.4) is 0 Å². The van der Waals surface area contributed by atoms with Crippen LogP contribution in [0.1, 0.15) is 37.2 Å². The standard InChI is InChI=1S/C14H19N3O/c1-3-13-16-14(18-17-13)10-12(15-4-2)11-8-6-5-7-9-11/h5-9,12,15H,3-4,10H2,1-2H3. The summed E-state index contributed by atoms with van der Waals surface area (Å²) in [6, 6.07) is 10.6. The quantitative estimate of drug-likeness (QED) is 0.849. The van der Waals surface area contributed by atoms with Gasteiger partial charge in [0.05, 0.1) is 0 Å². The van der Waals surface area contributed by atoms with Crippen LogP contribution in [0.15, 0.2) is 34.9 Å². The van der Waals surface area contributed by atoms with E-state index >= 15 is 0 Å². The maximum absolute atomic E-state index is 5.25. The molecule has 0 saturated heterocycles. The molecule has 1 heterocycles. The summed E-state index contributed by atoms with van der Waals surface area (Å²) in [4.78, 5) is 4.36. The second kappa shape index (κ2) is 6.31. The van der Waals surface area contributed by atoms with Crippen LogP contribution in [-0.2, 0) is 12.8 Å². The third kappa shape index (κ3) is 3.17. The molecule has 18 heavy (non-hydrogen) atoms. The third-order valence-corrected chi connectivity index (χ3v) is 2.86. The van der Waals surface area contributed by atoms with Gasteiger partial charge in [-0.15, -0.1) is 0 Å². The minimum Gasteiger partial charge on any atom is -0.339 e. The highest BCUT2D eigenvalue weighted by molar-refractivity contribution is 5.19. The molecule has 0 amide bonds.